The third kappa shape index (κ3) is 7.53. The molecule has 0 unspecified atom stereocenters. The highest BCUT2D eigenvalue weighted by molar-refractivity contribution is 5.97. The van der Waals surface area contributed by atoms with E-state index in [1.807, 2.05) is 0 Å². The number of hydrogen-bond donors (Lipinski definition) is 1. The molecule has 1 aromatic carbocycles. The van der Waals surface area contributed by atoms with Crippen LogP contribution in [0.15, 0.2) is 24.3 Å². The highest BCUT2D eigenvalue weighted by Crippen LogP contribution is 2.30. The summed E-state index contributed by atoms with van der Waals surface area (Å²) in [5.74, 6) is -1.17. The molecule has 0 aliphatic heterocycles. The van der Waals surface area contributed by atoms with E-state index in [9.17, 15) is 19.5 Å². The zero-order chi connectivity index (χ0) is 25.2. The molecule has 0 atom stereocenters. The lowest BCUT2D eigenvalue weighted by atomic mass is 9.88. The molecule has 35 heavy (non-hydrogen) atoms. The number of hydrogen-bond acceptors (Lipinski definition) is 4. The van der Waals surface area contributed by atoms with E-state index in [2.05, 4.69) is 23.6 Å². The summed E-state index contributed by atoms with van der Waals surface area (Å²) in [5, 5.41) is 9.20. The molecular formula is C28H43N3O4. The Morgan fingerprint density at radius 2 is 1.26 bits per heavy atom. The van der Waals surface area contributed by atoms with Crippen molar-refractivity contribution in [3.8, 4) is 0 Å². The Hall–Kier alpha value is -2.41. The molecule has 2 amide bonds. The molecule has 1 aromatic rings. The van der Waals surface area contributed by atoms with Crippen molar-refractivity contribution in [2.45, 2.75) is 90.1 Å². The van der Waals surface area contributed by atoms with Gasteiger partial charge in [0, 0.05) is 30.7 Å². The molecule has 0 bridgehead atoms. The Morgan fingerprint density at radius 3 is 1.71 bits per heavy atom. The number of carboxylic acids is 1. The summed E-state index contributed by atoms with van der Waals surface area (Å²) < 4.78 is 0. The van der Waals surface area contributed by atoms with E-state index in [1.54, 1.807) is 17.0 Å². The highest BCUT2D eigenvalue weighted by Gasteiger charge is 2.34. The zero-order valence-corrected chi connectivity index (χ0v) is 21.6. The van der Waals surface area contributed by atoms with Crippen molar-refractivity contribution in [2.75, 3.05) is 32.7 Å². The number of nitrogens with zero attached hydrogens (tertiary/aromatic N) is 3. The van der Waals surface area contributed by atoms with E-state index < -0.39 is 5.97 Å². The Balaban J connectivity index is 1.80. The summed E-state index contributed by atoms with van der Waals surface area (Å²) in [4.78, 5) is 44.7. The van der Waals surface area contributed by atoms with Gasteiger partial charge in [-0.15, -0.1) is 0 Å². The highest BCUT2D eigenvalue weighted by atomic mass is 16.4. The van der Waals surface area contributed by atoms with Crippen molar-refractivity contribution in [2.24, 2.45) is 0 Å². The first-order chi connectivity index (χ1) is 16.9. The molecule has 1 N–H and O–H groups in total. The number of carboxylic acid groups (broad SMARTS) is 1. The Kier molecular flexibility index (Phi) is 10.6. The van der Waals surface area contributed by atoms with Gasteiger partial charge in [0.15, 0.2) is 0 Å². The molecule has 3 rings (SSSR count). The van der Waals surface area contributed by atoms with Gasteiger partial charge in [-0.3, -0.25) is 9.59 Å². The number of carbonyl (C=O) groups is 3. The normalized spacial score (nSPS) is 17.3. The second kappa shape index (κ2) is 13.6. The predicted molar refractivity (Wildman–Crippen MR) is 138 cm³/mol. The van der Waals surface area contributed by atoms with E-state index in [0.29, 0.717) is 18.7 Å². The molecule has 2 fully saturated rings. The van der Waals surface area contributed by atoms with Crippen LogP contribution in [-0.2, 0) is 4.79 Å². The van der Waals surface area contributed by atoms with Crippen LogP contribution in [0.5, 0.6) is 0 Å². The van der Waals surface area contributed by atoms with Gasteiger partial charge in [0.05, 0.1) is 5.56 Å². The van der Waals surface area contributed by atoms with Gasteiger partial charge in [-0.05, 0) is 63.0 Å². The average Bonchev–Trinajstić information content (AvgIpc) is 2.89. The first kappa shape index (κ1) is 27.2. The topological polar surface area (TPSA) is 81.2 Å². The van der Waals surface area contributed by atoms with Crippen molar-refractivity contribution >= 4 is 17.8 Å². The van der Waals surface area contributed by atoms with Gasteiger partial charge in [0.2, 0.25) is 5.91 Å². The molecule has 0 saturated heterocycles. The molecule has 2 saturated carbocycles. The van der Waals surface area contributed by atoms with Gasteiger partial charge >= 0.3 is 5.97 Å². The fourth-order valence-corrected chi connectivity index (χ4v) is 5.66. The molecule has 0 radical (unpaired) electrons. The molecule has 7 nitrogen and oxygen atoms in total. The van der Waals surface area contributed by atoms with Crippen LogP contribution in [0.4, 0.5) is 0 Å². The van der Waals surface area contributed by atoms with Crippen LogP contribution >= 0.6 is 0 Å². The van der Waals surface area contributed by atoms with Gasteiger partial charge in [-0.2, -0.15) is 0 Å². The van der Waals surface area contributed by atoms with Crippen LogP contribution in [0.1, 0.15) is 98.8 Å². The van der Waals surface area contributed by atoms with Gasteiger partial charge in [-0.25, -0.2) is 4.79 Å². The van der Waals surface area contributed by atoms with Crippen molar-refractivity contribution < 1.29 is 19.5 Å². The number of benzene rings is 1. The SMILES string of the molecule is CCN(CC)CCN(CC(=O)N(C1CCCCC1)C1CCCCC1)C(=O)c1ccc(C(=O)O)cc1. The van der Waals surface area contributed by atoms with Crippen LogP contribution in [0.2, 0.25) is 0 Å². The van der Waals surface area contributed by atoms with Crippen molar-refractivity contribution in [1.29, 1.82) is 0 Å². The fraction of sp³-hybridized carbons (Fsp3) is 0.679. The smallest absolute Gasteiger partial charge is 0.335 e. The molecule has 7 heteroatoms. The molecule has 0 heterocycles. The maximum atomic E-state index is 13.9. The minimum Gasteiger partial charge on any atom is -0.478 e. The second-order valence-electron chi connectivity index (χ2n) is 10.0. The summed E-state index contributed by atoms with van der Waals surface area (Å²) in [7, 11) is 0. The van der Waals surface area contributed by atoms with E-state index >= 15 is 0 Å². The Morgan fingerprint density at radius 1 is 0.771 bits per heavy atom. The molecule has 2 aliphatic rings. The second-order valence-corrected chi connectivity index (χ2v) is 10.0. The lowest BCUT2D eigenvalue weighted by Crippen LogP contribution is -2.53. The minimum atomic E-state index is -1.02. The van der Waals surface area contributed by atoms with Gasteiger partial charge in [0.1, 0.15) is 6.54 Å². The van der Waals surface area contributed by atoms with E-state index in [4.69, 9.17) is 0 Å². The van der Waals surface area contributed by atoms with E-state index in [1.165, 1.54) is 50.7 Å². The third-order valence-electron chi connectivity index (χ3n) is 7.80. The molecular weight excluding hydrogens is 442 g/mol. The largest absolute Gasteiger partial charge is 0.478 e. The van der Waals surface area contributed by atoms with Gasteiger partial charge < -0.3 is 19.8 Å². The van der Waals surface area contributed by atoms with Crippen molar-refractivity contribution in [3.63, 3.8) is 0 Å². The van der Waals surface area contributed by atoms with Crippen LogP contribution in [0, 0.1) is 0 Å². The van der Waals surface area contributed by atoms with Crippen LogP contribution < -0.4 is 0 Å². The molecule has 2 aliphatic carbocycles. The molecule has 194 valence electrons. The van der Waals surface area contributed by atoms with Crippen LogP contribution in [-0.4, -0.2) is 82.4 Å². The summed E-state index contributed by atoms with van der Waals surface area (Å²) >= 11 is 0. The van der Waals surface area contributed by atoms with E-state index in [-0.39, 0.29) is 36.0 Å². The number of carbonyl (C=O) groups excluding carboxylic acids is 2. The Bertz CT molecular complexity index is 807. The maximum absolute atomic E-state index is 13.9. The zero-order valence-electron chi connectivity index (χ0n) is 21.6. The number of amides is 2. The Labute approximate surface area is 210 Å². The molecule has 0 spiro atoms. The predicted octanol–water partition coefficient (Wildman–Crippen LogP) is 4.66. The molecule has 0 aromatic heterocycles. The average molecular weight is 486 g/mol. The number of likely N-dealkylation sites (N-methyl/N-ethyl adjacent to an activating group) is 1. The van der Waals surface area contributed by atoms with Crippen molar-refractivity contribution in [3.05, 3.63) is 35.4 Å². The summed E-state index contributed by atoms with van der Waals surface area (Å²) in [6.07, 6.45) is 11.4. The summed E-state index contributed by atoms with van der Waals surface area (Å²) in [6.45, 7) is 7.21. The van der Waals surface area contributed by atoms with E-state index in [0.717, 1.165) is 38.8 Å². The summed E-state index contributed by atoms with van der Waals surface area (Å²) in [5.41, 5.74) is 0.567. The first-order valence-electron chi connectivity index (χ1n) is 13.6. The minimum absolute atomic E-state index is 0.0684. The maximum Gasteiger partial charge on any atom is 0.335 e. The summed E-state index contributed by atoms with van der Waals surface area (Å²) in [6, 6.07) is 6.59. The van der Waals surface area contributed by atoms with Crippen LogP contribution in [0.25, 0.3) is 0 Å². The lowest BCUT2D eigenvalue weighted by Gasteiger charge is -2.42. The fourth-order valence-electron chi connectivity index (χ4n) is 5.66. The van der Waals surface area contributed by atoms with Gasteiger partial charge in [-0.1, -0.05) is 52.4 Å². The third-order valence-corrected chi connectivity index (χ3v) is 7.80. The number of rotatable bonds is 11. The monoisotopic (exact) mass is 485 g/mol. The quantitative estimate of drug-likeness (QED) is 0.493. The first-order valence-corrected chi connectivity index (χ1v) is 13.6. The van der Waals surface area contributed by atoms with Crippen LogP contribution in [0.3, 0.4) is 0 Å². The van der Waals surface area contributed by atoms with Gasteiger partial charge in [0.25, 0.3) is 5.91 Å². The number of aromatic carboxylic acids is 1. The lowest BCUT2D eigenvalue weighted by molar-refractivity contribution is -0.138. The standard InChI is InChI=1S/C28H43N3O4/c1-3-29(4-2)19-20-30(27(33)22-15-17-23(18-16-22)28(34)35)21-26(32)31(24-11-7-5-8-12-24)25-13-9-6-10-14-25/h15-18,24-25H,3-14,19-21H2,1-2H3,(H,34,35). The van der Waals surface area contributed by atoms with Crippen molar-refractivity contribution in [1.82, 2.24) is 14.7 Å².